The second-order valence-corrected chi connectivity index (χ2v) is 5.89. The fourth-order valence-corrected chi connectivity index (χ4v) is 2.75. The SMILES string of the molecule is Cc1cccc(NC(=O)C(=O)Nc2ccccc2N2CCOCC2)c1. The Labute approximate surface area is 146 Å². The summed E-state index contributed by atoms with van der Waals surface area (Å²) in [6.07, 6.45) is 0. The third-order valence-electron chi connectivity index (χ3n) is 3.99. The van der Waals surface area contributed by atoms with E-state index in [0.29, 0.717) is 24.6 Å². The summed E-state index contributed by atoms with van der Waals surface area (Å²) in [5, 5.41) is 5.33. The number of hydrogen-bond acceptors (Lipinski definition) is 4. The minimum absolute atomic E-state index is 0.599. The molecule has 0 spiro atoms. The number of carbonyl (C=O) groups is 2. The van der Waals surface area contributed by atoms with E-state index in [4.69, 9.17) is 4.74 Å². The van der Waals surface area contributed by atoms with Gasteiger partial charge in [-0.1, -0.05) is 24.3 Å². The summed E-state index contributed by atoms with van der Waals surface area (Å²) in [5.41, 5.74) is 3.12. The first-order valence-corrected chi connectivity index (χ1v) is 8.24. The predicted molar refractivity (Wildman–Crippen MR) is 97.9 cm³/mol. The summed E-state index contributed by atoms with van der Waals surface area (Å²) in [5.74, 6) is -1.38. The van der Waals surface area contributed by atoms with Crippen molar-refractivity contribution in [3.8, 4) is 0 Å². The van der Waals surface area contributed by atoms with E-state index >= 15 is 0 Å². The minimum atomic E-state index is -0.692. The van der Waals surface area contributed by atoms with Gasteiger partial charge in [-0.15, -0.1) is 0 Å². The second kappa shape index (κ2) is 7.81. The van der Waals surface area contributed by atoms with Crippen LogP contribution in [0.5, 0.6) is 0 Å². The fraction of sp³-hybridized carbons (Fsp3) is 0.263. The highest BCUT2D eigenvalue weighted by Gasteiger charge is 2.19. The predicted octanol–water partition coefficient (Wildman–Crippen LogP) is 2.41. The van der Waals surface area contributed by atoms with Crippen molar-refractivity contribution in [2.45, 2.75) is 6.92 Å². The first kappa shape index (κ1) is 17.0. The molecule has 1 fully saturated rings. The Morgan fingerprint density at radius 2 is 1.68 bits per heavy atom. The number of anilines is 3. The maximum absolute atomic E-state index is 12.3. The van der Waals surface area contributed by atoms with Gasteiger partial charge in [-0.05, 0) is 36.8 Å². The van der Waals surface area contributed by atoms with Gasteiger partial charge in [0.1, 0.15) is 0 Å². The molecule has 1 aliphatic rings. The molecule has 6 nitrogen and oxygen atoms in total. The Bertz CT molecular complexity index is 770. The van der Waals surface area contributed by atoms with Crippen LogP contribution in [0.15, 0.2) is 48.5 Å². The van der Waals surface area contributed by atoms with Crippen LogP contribution in [0.1, 0.15) is 5.56 Å². The zero-order chi connectivity index (χ0) is 17.6. The monoisotopic (exact) mass is 339 g/mol. The fourth-order valence-electron chi connectivity index (χ4n) is 2.75. The van der Waals surface area contributed by atoms with Gasteiger partial charge in [-0.3, -0.25) is 9.59 Å². The Balaban J connectivity index is 1.69. The summed E-state index contributed by atoms with van der Waals surface area (Å²) >= 11 is 0. The molecular formula is C19H21N3O3. The van der Waals surface area contributed by atoms with Crippen molar-refractivity contribution in [2.24, 2.45) is 0 Å². The van der Waals surface area contributed by atoms with Crippen LogP contribution in [0.3, 0.4) is 0 Å². The Morgan fingerprint density at radius 3 is 2.44 bits per heavy atom. The molecule has 0 aliphatic carbocycles. The van der Waals surface area contributed by atoms with Gasteiger partial charge in [0.2, 0.25) is 0 Å². The lowest BCUT2D eigenvalue weighted by Gasteiger charge is -2.30. The largest absolute Gasteiger partial charge is 0.378 e. The van der Waals surface area contributed by atoms with Crippen LogP contribution >= 0.6 is 0 Å². The van der Waals surface area contributed by atoms with Gasteiger partial charge in [0.05, 0.1) is 24.6 Å². The van der Waals surface area contributed by atoms with Crippen LogP contribution in [-0.2, 0) is 14.3 Å². The summed E-state index contributed by atoms with van der Waals surface area (Å²) < 4.78 is 5.36. The van der Waals surface area contributed by atoms with Gasteiger partial charge in [0.25, 0.3) is 0 Å². The van der Waals surface area contributed by atoms with Crippen LogP contribution in [0.4, 0.5) is 17.1 Å². The molecule has 2 amide bonds. The van der Waals surface area contributed by atoms with Crippen LogP contribution in [0.2, 0.25) is 0 Å². The van der Waals surface area contributed by atoms with Crippen molar-refractivity contribution < 1.29 is 14.3 Å². The summed E-state index contributed by atoms with van der Waals surface area (Å²) in [6.45, 7) is 4.73. The third kappa shape index (κ3) is 4.36. The maximum atomic E-state index is 12.3. The Hall–Kier alpha value is -2.86. The zero-order valence-electron chi connectivity index (χ0n) is 14.1. The lowest BCUT2D eigenvalue weighted by atomic mass is 10.2. The number of ether oxygens (including phenoxy) is 1. The normalized spacial score (nSPS) is 14.0. The van der Waals surface area contributed by atoms with Crippen molar-refractivity contribution in [3.63, 3.8) is 0 Å². The van der Waals surface area contributed by atoms with Crippen molar-refractivity contribution in [2.75, 3.05) is 41.8 Å². The molecule has 0 atom stereocenters. The lowest BCUT2D eigenvalue weighted by Crippen LogP contribution is -2.37. The molecule has 2 N–H and O–H groups in total. The topological polar surface area (TPSA) is 70.7 Å². The number of para-hydroxylation sites is 2. The highest BCUT2D eigenvalue weighted by Crippen LogP contribution is 2.26. The van der Waals surface area contributed by atoms with Crippen LogP contribution in [0, 0.1) is 6.92 Å². The van der Waals surface area contributed by atoms with Gasteiger partial charge in [0.15, 0.2) is 0 Å². The molecule has 6 heteroatoms. The van der Waals surface area contributed by atoms with Crippen molar-refractivity contribution >= 4 is 28.9 Å². The van der Waals surface area contributed by atoms with Crippen molar-refractivity contribution in [1.29, 1.82) is 0 Å². The molecule has 3 rings (SSSR count). The zero-order valence-corrected chi connectivity index (χ0v) is 14.1. The molecule has 1 heterocycles. The molecular weight excluding hydrogens is 318 g/mol. The summed E-state index contributed by atoms with van der Waals surface area (Å²) in [7, 11) is 0. The molecule has 0 radical (unpaired) electrons. The second-order valence-electron chi connectivity index (χ2n) is 5.89. The number of amides is 2. The Kier molecular flexibility index (Phi) is 5.30. The first-order chi connectivity index (χ1) is 12.1. The third-order valence-corrected chi connectivity index (χ3v) is 3.99. The molecule has 0 unspecified atom stereocenters. The first-order valence-electron chi connectivity index (χ1n) is 8.24. The van der Waals surface area contributed by atoms with Gasteiger partial charge in [-0.2, -0.15) is 0 Å². The quantitative estimate of drug-likeness (QED) is 0.843. The average Bonchev–Trinajstić information content (AvgIpc) is 2.63. The lowest BCUT2D eigenvalue weighted by molar-refractivity contribution is -0.132. The van der Waals surface area contributed by atoms with Crippen LogP contribution < -0.4 is 15.5 Å². The number of benzene rings is 2. The maximum Gasteiger partial charge on any atom is 0.314 e. The number of rotatable bonds is 3. The van der Waals surface area contributed by atoms with Crippen LogP contribution in [0.25, 0.3) is 0 Å². The number of carbonyl (C=O) groups excluding carboxylic acids is 2. The Morgan fingerprint density at radius 1 is 0.960 bits per heavy atom. The molecule has 1 saturated heterocycles. The molecule has 2 aromatic carbocycles. The van der Waals surface area contributed by atoms with E-state index in [0.717, 1.165) is 24.3 Å². The van der Waals surface area contributed by atoms with Gasteiger partial charge in [-0.25, -0.2) is 0 Å². The molecule has 0 aromatic heterocycles. The number of nitrogens with one attached hydrogen (secondary N) is 2. The molecule has 130 valence electrons. The number of morpholine rings is 1. The van der Waals surface area contributed by atoms with E-state index in [1.165, 1.54) is 0 Å². The van der Waals surface area contributed by atoms with Crippen molar-refractivity contribution in [3.05, 3.63) is 54.1 Å². The standard InChI is InChI=1S/C19H21N3O3/c1-14-5-4-6-15(13-14)20-18(23)19(24)21-16-7-2-3-8-17(16)22-9-11-25-12-10-22/h2-8,13H,9-12H2,1H3,(H,20,23)(H,21,24). The van der Waals surface area contributed by atoms with Crippen molar-refractivity contribution in [1.82, 2.24) is 0 Å². The number of nitrogens with zero attached hydrogens (tertiary/aromatic N) is 1. The van der Waals surface area contributed by atoms with E-state index in [9.17, 15) is 9.59 Å². The van der Waals surface area contributed by atoms with E-state index in [1.807, 2.05) is 43.3 Å². The number of aryl methyl sites for hydroxylation is 1. The van der Waals surface area contributed by atoms with E-state index in [-0.39, 0.29) is 0 Å². The summed E-state index contributed by atoms with van der Waals surface area (Å²) in [6, 6.07) is 14.8. The highest BCUT2D eigenvalue weighted by molar-refractivity contribution is 6.43. The molecule has 2 aromatic rings. The molecule has 25 heavy (non-hydrogen) atoms. The van der Waals surface area contributed by atoms with E-state index in [2.05, 4.69) is 15.5 Å². The smallest absolute Gasteiger partial charge is 0.314 e. The highest BCUT2D eigenvalue weighted by atomic mass is 16.5. The molecule has 0 saturated carbocycles. The van der Waals surface area contributed by atoms with E-state index < -0.39 is 11.8 Å². The average molecular weight is 339 g/mol. The molecule has 1 aliphatic heterocycles. The van der Waals surface area contributed by atoms with Crippen LogP contribution in [-0.4, -0.2) is 38.1 Å². The van der Waals surface area contributed by atoms with Gasteiger partial charge >= 0.3 is 11.8 Å². The van der Waals surface area contributed by atoms with Gasteiger partial charge < -0.3 is 20.3 Å². The van der Waals surface area contributed by atoms with Gasteiger partial charge in [0, 0.05) is 18.8 Å². The molecule has 0 bridgehead atoms. The number of hydrogen-bond donors (Lipinski definition) is 2. The summed E-state index contributed by atoms with van der Waals surface area (Å²) in [4.78, 5) is 26.6. The van der Waals surface area contributed by atoms with E-state index in [1.54, 1.807) is 12.1 Å². The minimum Gasteiger partial charge on any atom is -0.378 e.